The van der Waals surface area contributed by atoms with Crippen LogP contribution < -0.4 is 5.32 Å². The number of phenols is 1. The Hall–Kier alpha value is -2.33. The Morgan fingerprint density at radius 2 is 1.52 bits per heavy atom. The van der Waals surface area contributed by atoms with Crippen LogP contribution in [-0.2, 0) is 17.3 Å². The topological polar surface area (TPSA) is 45.2 Å². The number of anilines is 1. The summed E-state index contributed by atoms with van der Waals surface area (Å²) < 4.78 is 0. The van der Waals surface area contributed by atoms with Gasteiger partial charge < -0.3 is 10.4 Å². The quantitative estimate of drug-likeness (QED) is 0.490. The van der Waals surface area contributed by atoms with Crippen LogP contribution in [0.1, 0.15) is 58.2 Å². The second-order valence-corrected chi connectivity index (χ2v) is 10.5. The van der Waals surface area contributed by atoms with Crippen molar-refractivity contribution < 1.29 is 5.11 Å². The zero-order chi connectivity index (χ0) is 21.2. The smallest absolute Gasteiger partial charge is 0.183 e. The number of aromatic hydroxyl groups is 1. The highest BCUT2D eigenvalue weighted by atomic mass is 32.1. The number of nitrogens with zero attached hydrogens (tertiary/aromatic N) is 1. The molecule has 1 aromatic heterocycles. The Morgan fingerprint density at radius 3 is 2.07 bits per heavy atom. The summed E-state index contributed by atoms with van der Waals surface area (Å²) in [5, 5.41) is 17.4. The summed E-state index contributed by atoms with van der Waals surface area (Å²) in [5.41, 5.74) is 4.97. The van der Waals surface area contributed by atoms with Gasteiger partial charge in [0, 0.05) is 28.6 Å². The van der Waals surface area contributed by atoms with Crippen LogP contribution in [0.2, 0.25) is 0 Å². The average molecular weight is 409 g/mol. The molecule has 0 saturated carbocycles. The molecular weight excluding hydrogens is 376 g/mol. The Labute approximate surface area is 178 Å². The molecule has 0 amide bonds. The van der Waals surface area contributed by atoms with E-state index >= 15 is 0 Å². The number of nitrogens with one attached hydrogen (secondary N) is 1. The van der Waals surface area contributed by atoms with Crippen molar-refractivity contribution in [2.75, 3.05) is 11.9 Å². The molecule has 3 aromatic rings. The van der Waals surface area contributed by atoms with Crippen LogP contribution in [0, 0.1) is 0 Å². The summed E-state index contributed by atoms with van der Waals surface area (Å²) in [6.07, 6.45) is 0.970. The summed E-state index contributed by atoms with van der Waals surface area (Å²) in [5.74, 6) is 0.408. The minimum absolute atomic E-state index is 0.146. The summed E-state index contributed by atoms with van der Waals surface area (Å²) >= 11 is 1.63. The first kappa shape index (κ1) is 21.4. The van der Waals surface area contributed by atoms with Gasteiger partial charge in [0.2, 0.25) is 0 Å². The van der Waals surface area contributed by atoms with E-state index in [2.05, 4.69) is 88.6 Å². The predicted molar refractivity (Wildman–Crippen MR) is 125 cm³/mol. The molecule has 2 aromatic carbocycles. The molecule has 2 N–H and O–H groups in total. The first-order valence-electron chi connectivity index (χ1n) is 10.2. The van der Waals surface area contributed by atoms with Gasteiger partial charge in [-0.15, -0.1) is 11.3 Å². The average Bonchev–Trinajstić information content (AvgIpc) is 3.10. The van der Waals surface area contributed by atoms with Gasteiger partial charge in [0.15, 0.2) is 5.13 Å². The third kappa shape index (κ3) is 5.18. The van der Waals surface area contributed by atoms with Gasteiger partial charge in [-0.3, -0.25) is 0 Å². The second-order valence-electron chi connectivity index (χ2n) is 9.62. The van der Waals surface area contributed by atoms with Crippen molar-refractivity contribution in [2.24, 2.45) is 0 Å². The van der Waals surface area contributed by atoms with Crippen LogP contribution in [0.15, 0.2) is 47.8 Å². The minimum Gasteiger partial charge on any atom is -0.507 e. The van der Waals surface area contributed by atoms with Gasteiger partial charge in [-0.2, -0.15) is 0 Å². The van der Waals surface area contributed by atoms with E-state index in [4.69, 9.17) is 4.98 Å². The highest BCUT2D eigenvalue weighted by Gasteiger charge is 2.27. The third-order valence-corrected chi connectivity index (χ3v) is 5.86. The van der Waals surface area contributed by atoms with Crippen LogP contribution in [0.5, 0.6) is 5.75 Å². The molecule has 0 aliphatic carbocycles. The lowest BCUT2D eigenvalue weighted by atomic mass is 9.78. The van der Waals surface area contributed by atoms with Crippen LogP contribution in [0.4, 0.5) is 5.13 Å². The van der Waals surface area contributed by atoms with Gasteiger partial charge in [-0.05, 0) is 34.9 Å². The number of benzene rings is 2. The summed E-state index contributed by atoms with van der Waals surface area (Å²) in [6, 6.07) is 14.7. The highest BCUT2D eigenvalue weighted by molar-refractivity contribution is 7.14. The SMILES string of the molecule is CC(C)(C)c1cc(-c2csc(NCCc3ccccc3)n2)cc(C(C)(C)C)c1O. The van der Waals surface area contributed by atoms with Crippen molar-refractivity contribution in [2.45, 2.75) is 58.8 Å². The highest BCUT2D eigenvalue weighted by Crippen LogP contribution is 2.42. The first-order valence-corrected chi connectivity index (χ1v) is 11.1. The van der Waals surface area contributed by atoms with Crippen LogP contribution in [-0.4, -0.2) is 16.6 Å². The van der Waals surface area contributed by atoms with Crippen molar-refractivity contribution in [3.8, 4) is 17.0 Å². The first-order chi connectivity index (χ1) is 13.6. The van der Waals surface area contributed by atoms with Crippen LogP contribution in [0.25, 0.3) is 11.3 Å². The lowest BCUT2D eigenvalue weighted by molar-refractivity contribution is 0.423. The molecule has 0 radical (unpaired) electrons. The lowest BCUT2D eigenvalue weighted by Gasteiger charge is -2.28. The molecular formula is C25H32N2OS. The van der Waals surface area contributed by atoms with E-state index in [0.29, 0.717) is 5.75 Å². The molecule has 0 aliphatic rings. The standard InChI is InChI=1S/C25H32N2OS/c1-24(2,3)19-14-18(15-20(22(19)28)25(4,5)6)21-16-29-23(27-21)26-13-12-17-10-8-7-9-11-17/h7-11,14-16,28H,12-13H2,1-6H3,(H,26,27). The summed E-state index contributed by atoms with van der Waals surface area (Å²) in [4.78, 5) is 4.81. The Balaban J connectivity index is 1.85. The molecule has 4 heteroatoms. The molecule has 3 nitrogen and oxygen atoms in total. The van der Waals surface area contributed by atoms with E-state index in [1.54, 1.807) is 11.3 Å². The van der Waals surface area contributed by atoms with E-state index in [1.165, 1.54) is 5.56 Å². The zero-order valence-corrected chi connectivity index (χ0v) is 19.2. The van der Waals surface area contributed by atoms with Crippen molar-refractivity contribution in [3.05, 3.63) is 64.5 Å². The fraction of sp³-hybridized carbons (Fsp3) is 0.400. The molecule has 29 heavy (non-hydrogen) atoms. The number of hydrogen-bond donors (Lipinski definition) is 2. The van der Waals surface area contributed by atoms with Gasteiger partial charge in [-0.1, -0.05) is 71.9 Å². The normalized spacial score (nSPS) is 12.2. The maximum absolute atomic E-state index is 10.9. The number of rotatable bonds is 5. The lowest BCUT2D eigenvalue weighted by Crippen LogP contribution is -2.17. The Bertz CT molecular complexity index is 927. The molecule has 3 rings (SSSR count). The van der Waals surface area contributed by atoms with E-state index in [0.717, 1.165) is 40.5 Å². The van der Waals surface area contributed by atoms with Crippen molar-refractivity contribution >= 4 is 16.5 Å². The molecule has 154 valence electrons. The number of hydrogen-bond acceptors (Lipinski definition) is 4. The molecule has 0 fully saturated rings. The molecule has 0 bridgehead atoms. The molecule has 0 atom stereocenters. The Kier molecular flexibility index (Phi) is 6.04. The summed E-state index contributed by atoms with van der Waals surface area (Å²) in [6.45, 7) is 13.7. The number of thiazole rings is 1. The minimum atomic E-state index is -0.146. The van der Waals surface area contributed by atoms with E-state index in [-0.39, 0.29) is 10.8 Å². The fourth-order valence-corrected chi connectivity index (χ4v) is 4.12. The van der Waals surface area contributed by atoms with Crippen molar-refractivity contribution in [3.63, 3.8) is 0 Å². The number of phenolic OH excluding ortho intramolecular Hbond substituents is 1. The molecule has 0 saturated heterocycles. The third-order valence-electron chi connectivity index (χ3n) is 5.06. The van der Waals surface area contributed by atoms with Crippen molar-refractivity contribution in [1.29, 1.82) is 0 Å². The van der Waals surface area contributed by atoms with Gasteiger partial charge >= 0.3 is 0 Å². The maximum Gasteiger partial charge on any atom is 0.183 e. The largest absolute Gasteiger partial charge is 0.507 e. The molecule has 0 unspecified atom stereocenters. The van der Waals surface area contributed by atoms with Gasteiger partial charge in [0.1, 0.15) is 5.75 Å². The fourth-order valence-electron chi connectivity index (χ4n) is 3.37. The zero-order valence-electron chi connectivity index (χ0n) is 18.3. The van der Waals surface area contributed by atoms with Gasteiger partial charge in [0.25, 0.3) is 0 Å². The van der Waals surface area contributed by atoms with Crippen LogP contribution in [0.3, 0.4) is 0 Å². The Morgan fingerprint density at radius 1 is 0.931 bits per heavy atom. The molecule has 0 aliphatic heterocycles. The van der Waals surface area contributed by atoms with Gasteiger partial charge in [-0.25, -0.2) is 4.98 Å². The van der Waals surface area contributed by atoms with Gasteiger partial charge in [0.05, 0.1) is 5.69 Å². The number of aromatic nitrogens is 1. The molecule has 1 heterocycles. The van der Waals surface area contributed by atoms with Crippen LogP contribution >= 0.6 is 11.3 Å². The van der Waals surface area contributed by atoms with E-state index in [9.17, 15) is 5.11 Å². The van der Waals surface area contributed by atoms with Crippen molar-refractivity contribution in [1.82, 2.24) is 4.98 Å². The monoisotopic (exact) mass is 408 g/mol. The predicted octanol–water partition coefficient (Wildman–Crippen LogP) is 6.77. The second kappa shape index (κ2) is 8.19. The van der Waals surface area contributed by atoms with E-state index in [1.807, 2.05) is 6.07 Å². The van der Waals surface area contributed by atoms with E-state index < -0.39 is 0 Å². The molecule has 0 spiro atoms. The maximum atomic E-state index is 10.9. The summed E-state index contributed by atoms with van der Waals surface area (Å²) in [7, 11) is 0.